The number of pyridine rings is 1. The summed E-state index contributed by atoms with van der Waals surface area (Å²) in [7, 11) is 0. The Kier molecular flexibility index (Phi) is 4.20. The molecule has 0 bridgehead atoms. The molecule has 0 aliphatic carbocycles. The number of aromatic nitrogens is 1. The van der Waals surface area contributed by atoms with Gasteiger partial charge in [0, 0.05) is 30.1 Å². The van der Waals surface area contributed by atoms with Gasteiger partial charge in [0.15, 0.2) is 0 Å². The van der Waals surface area contributed by atoms with Gasteiger partial charge in [0.05, 0.1) is 0 Å². The van der Waals surface area contributed by atoms with E-state index in [-0.39, 0.29) is 10.9 Å². The van der Waals surface area contributed by atoms with Crippen LogP contribution in [0.25, 0.3) is 0 Å². The zero-order valence-corrected chi connectivity index (χ0v) is 11.0. The highest BCUT2D eigenvalue weighted by Crippen LogP contribution is 2.06. The second-order valence-corrected chi connectivity index (χ2v) is 4.42. The Morgan fingerprint density at radius 2 is 1.89 bits per heavy atom. The van der Waals surface area contributed by atoms with Crippen molar-refractivity contribution in [1.82, 2.24) is 10.3 Å². The molecule has 1 amide bonds. The van der Waals surface area contributed by atoms with Crippen LogP contribution in [0.5, 0.6) is 0 Å². The highest BCUT2D eigenvalue weighted by Gasteiger charge is 2.06. The van der Waals surface area contributed by atoms with Gasteiger partial charge in [-0.1, -0.05) is 24.4 Å². The molecule has 2 rings (SSSR count). The molecule has 0 spiro atoms. The first-order valence-corrected chi connectivity index (χ1v) is 6.14. The van der Waals surface area contributed by atoms with Gasteiger partial charge in [-0.3, -0.25) is 9.78 Å². The van der Waals surface area contributed by atoms with Crippen LogP contribution in [0.15, 0.2) is 48.8 Å². The molecule has 0 atom stereocenters. The van der Waals surface area contributed by atoms with Gasteiger partial charge in [-0.05, 0) is 29.8 Å². The molecule has 96 valence electrons. The summed E-state index contributed by atoms with van der Waals surface area (Å²) in [5, 5.41) is 2.83. The molecular formula is C14H13N3OS. The van der Waals surface area contributed by atoms with Crippen molar-refractivity contribution in [2.45, 2.75) is 6.54 Å². The maximum Gasteiger partial charge on any atom is 0.251 e. The van der Waals surface area contributed by atoms with Gasteiger partial charge < -0.3 is 11.1 Å². The van der Waals surface area contributed by atoms with Gasteiger partial charge in [0.2, 0.25) is 0 Å². The summed E-state index contributed by atoms with van der Waals surface area (Å²) in [6, 6.07) is 10.7. The zero-order valence-electron chi connectivity index (χ0n) is 10.2. The van der Waals surface area contributed by atoms with Crippen LogP contribution in [-0.4, -0.2) is 15.9 Å². The maximum atomic E-state index is 12.0. The fourth-order valence-corrected chi connectivity index (χ4v) is 1.73. The van der Waals surface area contributed by atoms with Crippen LogP contribution >= 0.6 is 12.2 Å². The highest BCUT2D eigenvalue weighted by molar-refractivity contribution is 7.80. The Morgan fingerprint density at radius 1 is 1.21 bits per heavy atom. The molecule has 0 unspecified atom stereocenters. The largest absolute Gasteiger partial charge is 0.389 e. The second kappa shape index (κ2) is 6.06. The van der Waals surface area contributed by atoms with Crippen molar-refractivity contribution >= 4 is 23.1 Å². The van der Waals surface area contributed by atoms with E-state index in [1.54, 1.807) is 36.7 Å². The Labute approximate surface area is 116 Å². The topological polar surface area (TPSA) is 68.0 Å². The fraction of sp³-hybridized carbons (Fsp3) is 0.0714. The molecule has 3 N–H and O–H groups in total. The van der Waals surface area contributed by atoms with Gasteiger partial charge in [-0.15, -0.1) is 0 Å². The number of nitrogens with one attached hydrogen (secondary N) is 1. The monoisotopic (exact) mass is 271 g/mol. The molecule has 0 radical (unpaired) electrons. The zero-order chi connectivity index (χ0) is 13.7. The van der Waals surface area contributed by atoms with E-state index in [9.17, 15) is 4.79 Å². The predicted molar refractivity (Wildman–Crippen MR) is 77.7 cm³/mol. The normalized spacial score (nSPS) is 9.89. The molecule has 4 nitrogen and oxygen atoms in total. The van der Waals surface area contributed by atoms with Gasteiger partial charge in [0.1, 0.15) is 4.99 Å². The molecule has 2 aromatic rings. The number of thiocarbonyl (C=S) groups is 1. The Hall–Kier alpha value is -2.27. The van der Waals surface area contributed by atoms with Gasteiger partial charge >= 0.3 is 0 Å². The van der Waals surface area contributed by atoms with Crippen molar-refractivity contribution in [1.29, 1.82) is 0 Å². The van der Waals surface area contributed by atoms with Gasteiger partial charge in [-0.2, -0.15) is 0 Å². The fourth-order valence-electron chi connectivity index (χ4n) is 1.60. The third-order valence-electron chi connectivity index (χ3n) is 2.61. The molecule has 0 saturated heterocycles. The molecule has 0 fully saturated rings. The molecule has 19 heavy (non-hydrogen) atoms. The average molecular weight is 271 g/mol. The number of nitrogens with two attached hydrogens (primary N) is 1. The van der Waals surface area contributed by atoms with Crippen LogP contribution in [-0.2, 0) is 6.54 Å². The molecular weight excluding hydrogens is 258 g/mol. The van der Waals surface area contributed by atoms with E-state index < -0.39 is 0 Å². The molecule has 0 aliphatic heterocycles. The average Bonchev–Trinajstić information content (AvgIpc) is 2.46. The summed E-state index contributed by atoms with van der Waals surface area (Å²) in [5.41, 5.74) is 7.76. The van der Waals surface area contributed by atoms with E-state index in [1.807, 2.05) is 12.1 Å². The summed E-state index contributed by atoms with van der Waals surface area (Å²) in [6.07, 6.45) is 3.38. The Bertz CT molecular complexity index is 599. The van der Waals surface area contributed by atoms with Crippen LogP contribution in [0.1, 0.15) is 21.5 Å². The third-order valence-corrected chi connectivity index (χ3v) is 2.85. The van der Waals surface area contributed by atoms with Crippen LogP contribution in [0.2, 0.25) is 0 Å². The maximum absolute atomic E-state index is 12.0. The van der Waals surface area contributed by atoms with E-state index in [4.69, 9.17) is 18.0 Å². The first-order chi connectivity index (χ1) is 9.16. The SMILES string of the molecule is NC(=S)c1cccc(C(=O)NCc2ccncc2)c1. The minimum atomic E-state index is -0.157. The first kappa shape index (κ1) is 13.2. The number of amides is 1. The molecule has 0 saturated carbocycles. The highest BCUT2D eigenvalue weighted by atomic mass is 32.1. The second-order valence-electron chi connectivity index (χ2n) is 3.98. The third kappa shape index (κ3) is 3.59. The van der Waals surface area contributed by atoms with Crippen LogP contribution in [0.3, 0.4) is 0 Å². The van der Waals surface area contributed by atoms with Gasteiger partial charge in [-0.25, -0.2) is 0 Å². The van der Waals surface area contributed by atoms with Gasteiger partial charge in [0.25, 0.3) is 5.91 Å². The quantitative estimate of drug-likeness (QED) is 0.830. The summed E-state index contributed by atoms with van der Waals surface area (Å²) in [6.45, 7) is 0.457. The molecule has 1 aromatic heterocycles. The Morgan fingerprint density at radius 3 is 2.58 bits per heavy atom. The van der Waals surface area contributed by atoms with Crippen molar-refractivity contribution in [3.05, 3.63) is 65.5 Å². The smallest absolute Gasteiger partial charge is 0.251 e. The summed E-state index contributed by atoms with van der Waals surface area (Å²) < 4.78 is 0. The summed E-state index contributed by atoms with van der Waals surface area (Å²) in [4.78, 5) is 16.2. The molecule has 1 aromatic carbocycles. The number of nitrogens with zero attached hydrogens (tertiary/aromatic N) is 1. The van der Waals surface area contributed by atoms with Crippen molar-refractivity contribution in [3.8, 4) is 0 Å². The number of rotatable bonds is 4. The Balaban J connectivity index is 2.04. The van der Waals surface area contributed by atoms with E-state index in [0.717, 1.165) is 5.56 Å². The molecule has 1 heterocycles. The lowest BCUT2D eigenvalue weighted by molar-refractivity contribution is 0.0951. The number of hydrogen-bond donors (Lipinski definition) is 2. The lowest BCUT2D eigenvalue weighted by atomic mass is 10.1. The van der Waals surface area contributed by atoms with E-state index in [1.165, 1.54) is 0 Å². The van der Waals surface area contributed by atoms with Crippen molar-refractivity contribution in [2.75, 3.05) is 0 Å². The number of hydrogen-bond acceptors (Lipinski definition) is 3. The lowest BCUT2D eigenvalue weighted by Crippen LogP contribution is -2.23. The van der Waals surface area contributed by atoms with Crippen LogP contribution in [0, 0.1) is 0 Å². The predicted octanol–water partition coefficient (Wildman–Crippen LogP) is 1.65. The van der Waals surface area contributed by atoms with Crippen LogP contribution in [0.4, 0.5) is 0 Å². The number of carbonyl (C=O) groups is 1. The first-order valence-electron chi connectivity index (χ1n) is 5.74. The minimum Gasteiger partial charge on any atom is -0.389 e. The number of benzene rings is 1. The summed E-state index contributed by atoms with van der Waals surface area (Å²) in [5.74, 6) is -0.157. The molecule has 5 heteroatoms. The van der Waals surface area contributed by atoms with E-state index >= 15 is 0 Å². The molecule has 0 aliphatic rings. The van der Waals surface area contributed by atoms with Crippen molar-refractivity contribution in [2.24, 2.45) is 5.73 Å². The van der Waals surface area contributed by atoms with E-state index in [2.05, 4.69) is 10.3 Å². The van der Waals surface area contributed by atoms with Crippen LogP contribution < -0.4 is 11.1 Å². The van der Waals surface area contributed by atoms with E-state index in [0.29, 0.717) is 17.7 Å². The minimum absolute atomic E-state index is 0.157. The number of carbonyl (C=O) groups excluding carboxylic acids is 1. The summed E-state index contributed by atoms with van der Waals surface area (Å²) >= 11 is 4.89. The lowest BCUT2D eigenvalue weighted by Gasteiger charge is -2.06. The standard InChI is InChI=1S/C14H13N3OS/c15-13(19)11-2-1-3-12(8-11)14(18)17-9-10-4-6-16-7-5-10/h1-8H,9H2,(H2,15,19)(H,17,18). The van der Waals surface area contributed by atoms with Crippen molar-refractivity contribution < 1.29 is 4.79 Å². The van der Waals surface area contributed by atoms with Crippen molar-refractivity contribution in [3.63, 3.8) is 0 Å².